The summed E-state index contributed by atoms with van der Waals surface area (Å²) in [5, 5.41) is 17.7. The standard InChI is InChI=1S/C17H13N5O5S3/c23-15(11-1-5-13(6-2-11)22(24)25)20-16(28)19-12-3-7-14(8-4-12)30(26,27)21-17-18-9-10-29-17/h1-10H,(H,18,21)(H2,19,20,23,28). The predicted molar refractivity (Wildman–Crippen MR) is 116 cm³/mol. The van der Waals surface area contributed by atoms with E-state index in [-0.39, 0.29) is 26.4 Å². The molecule has 0 saturated heterocycles. The highest BCUT2D eigenvalue weighted by Gasteiger charge is 2.16. The third kappa shape index (κ3) is 5.34. The Bertz CT molecular complexity index is 1180. The molecule has 154 valence electrons. The highest BCUT2D eigenvalue weighted by molar-refractivity contribution is 7.93. The number of anilines is 2. The van der Waals surface area contributed by atoms with E-state index >= 15 is 0 Å². The highest BCUT2D eigenvalue weighted by Crippen LogP contribution is 2.19. The molecule has 0 unspecified atom stereocenters. The van der Waals surface area contributed by atoms with Crippen molar-refractivity contribution >= 4 is 61.1 Å². The van der Waals surface area contributed by atoms with E-state index in [0.29, 0.717) is 5.69 Å². The van der Waals surface area contributed by atoms with Crippen LogP contribution in [-0.2, 0) is 10.0 Å². The van der Waals surface area contributed by atoms with E-state index in [4.69, 9.17) is 12.2 Å². The number of carbonyl (C=O) groups excluding carboxylic acids is 1. The maximum absolute atomic E-state index is 12.3. The topological polar surface area (TPSA) is 143 Å². The van der Waals surface area contributed by atoms with Crippen LogP contribution in [0.1, 0.15) is 10.4 Å². The van der Waals surface area contributed by atoms with Crippen LogP contribution in [0.25, 0.3) is 0 Å². The molecule has 13 heteroatoms. The molecule has 0 aliphatic rings. The molecule has 0 saturated carbocycles. The first-order valence-corrected chi connectivity index (χ1v) is 10.9. The number of thiocarbonyl (C=S) groups is 1. The van der Waals surface area contributed by atoms with Crippen LogP contribution in [0, 0.1) is 10.1 Å². The van der Waals surface area contributed by atoms with Crippen LogP contribution >= 0.6 is 23.6 Å². The summed E-state index contributed by atoms with van der Waals surface area (Å²) in [4.78, 5) is 26.2. The average molecular weight is 464 g/mol. The number of nitro groups is 1. The van der Waals surface area contributed by atoms with Crippen LogP contribution in [-0.4, -0.2) is 29.3 Å². The van der Waals surface area contributed by atoms with Gasteiger partial charge in [-0.1, -0.05) is 0 Å². The number of thiazole rings is 1. The summed E-state index contributed by atoms with van der Waals surface area (Å²) in [6.07, 6.45) is 1.49. The summed E-state index contributed by atoms with van der Waals surface area (Å²) in [5.41, 5.74) is 0.517. The molecule has 0 aliphatic carbocycles. The largest absolute Gasteiger partial charge is 0.332 e. The summed E-state index contributed by atoms with van der Waals surface area (Å²) < 4.78 is 27.0. The number of non-ortho nitro benzene ring substituents is 1. The predicted octanol–water partition coefficient (Wildman–Crippen LogP) is 2.98. The Labute approximate surface area is 180 Å². The van der Waals surface area contributed by atoms with Crippen molar-refractivity contribution in [2.45, 2.75) is 4.90 Å². The van der Waals surface area contributed by atoms with E-state index < -0.39 is 20.9 Å². The third-order valence-corrected chi connectivity index (χ3v) is 6.02. The maximum Gasteiger partial charge on any atom is 0.269 e. The molecule has 0 bridgehead atoms. The first-order valence-electron chi connectivity index (χ1n) is 8.14. The molecule has 0 radical (unpaired) electrons. The Morgan fingerprint density at radius 3 is 2.33 bits per heavy atom. The van der Waals surface area contributed by atoms with Crippen molar-refractivity contribution < 1.29 is 18.1 Å². The Balaban J connectivity index is 1.60. The van der Waals surface area contributed by atoms with Crippen LogP contribution in [0.15, 0.2) is 65.0 Å². The molecular weight excluding hydrogens is 450 g/mol. The zero-order valence-electron chi connectivity index (χ0n) is 14.9. The van der Waals surface area contributed by atoms with Gasteiger partial charge >= 0.3 is 0 Å². The minimum absolute atomic E-state index is 0.0186. The lowest BCUT2D eigenvalue weighted by Crippen LogP contribution is -2.34. The van der Waals surface area contributed by atoms with Gasteiger partial charge < -0.3 is 5.32 Å². The van der Waals surface area contributed by atoms with Crippen molar-refractivity contribution in [3.8, 4) is 0 Å². The number of benzene rings is 2. The lowest BCUT2D eigenvalue weighted by atomic mass is 10.2. The zero-order chi connectivity index (χ0) is 21.7. The fraction of sp³-hybridized carbons (Fsp3) is 0. The molecule has 3 N–H and O–H groups in total. The molecule has 30 heavy (non-hydrogen) atoms. The summed E-state index contributed by atoms with van der Waals surface area (Å²) in [5.74, 6) is -0.547. The number of nitro benzene ring substituents is 1. The van der Waals surface area contributed by atoms with Gasteiger partial charge in [0, 0.05) is 35.0 Å². The van der Waals surface area contributed by atoms with E-state index in [9.17, 15) is 23.3 Å². The van der Waals surface area contributed by atoms with Crippen LogP contribution in [0.2, 0.25) is 0 Å². The molecule has 1 aromatic heterocycles. The van der Waals surface area contributed by atoms with Gasteiger partial charge in [-0.15, -0.1) is 11.3 Å². The number of rotatable bonds is 6. The Hall–Kier alpha value is -3.42. The molecule has 0 fully saturated rings. The second kappa shape index (κ2) is 8.94. The van der Waals surface area contributed by atoms with Crippen molar-refractivity contribution in [2.24, 2.45) is 0 Å². The van der Waals surface area contributed by atoms with Crippen LogP contribution < -0.4 is 15.4 Å². The number of amides is 1. The van der Waals surface area contributed by atoms with E-state index in [0.717, 1.165) is 11.3 Å². The fourth-order valence-electron chi connectivity index (χ4n) is 2.24. The van der Waals surface area contributed by atoms with Crippen LogP contribution in [0.3, 0.4) is 0 Å². The molecule has 0 spiro atoms. The summed E-state index contributed by atoms with van der Waals surface area (Å²) in [7, 11) is -3.77. The Morgan fingerprint density at radius 2 is 1.77 bits per heavy atom. The zero-order valence-corrected chi connectivity index (χ0v) is 17.4. The molecular formula is C17H13N5O5S3. The fourth-order valence-corrected chi connectivity index (χ4v) is 4.24. The SMILES string of the molecule is O=C(NC(=S)Nc1ccc(S(=O)(=O)Nc2nccs2)cc1)c1ccc([N+](=O)[O-])cc1. The van der Waals surface area contributed by atoms with Crippen LogP contribution in [0.5, 0.6) is 0 Å². The molecule has 2 aromatic carbocycles. The van der Waals surface area contributed by atoms with Gasteiger partial charge in [-0.25, -0.2) is 13.4 Å². The lowest BCUT2D eigenvalue weighted by Gasteiger charge is -2.10. The maximum atomic E-state index is 12.3. The number of aromatic nitrogens is 1. The average Bonchev–Trinajstić information content (AvgIpc) is 3.20. The smallest absolute Gasteiger partial charge is 0.269 e. The van der Waals surface area contributed by atoms with Crippen molar-refractivity contribution in [3.63, 3.8) is 0 Å². The second-order valence-electron chi connectivity index (χ2n) is 5.68. The van der Waals surface area contributed by atoms with Crippen LogP contribution in [0.4, 0.5) is 16.5 Å². The Morgan fingerprint density at radius 1 is 1.10 bits per heavy atom. The van der Waals surface area contributed by atoms with Gasteiger partial charge in [-0.2, -0.15) is 0 Å². The molecule has 0 aliphatic heterocycles. The second-order valence-corrected chi connectivity index (χ2v) is 8.66. The first kappa shape index (κ1) is 21.3. The van der Waals surface area contributed by atoms with Crippen molar-refractivity contribution in [1.82, 2.24) is 10.3 Å². The van der Waals surface area contributed by atoms with Crippen molar-refractivity contribution in [2.75, 3.05) is 10.0 Å². The van der Waals surface area contributed by atoms with Gasteiger partial charge in [0.15, 0.2) is 10.2 Å². The van der Waals surface area contributed by atoms with Gasteiger partial charge in [0.1, 0.15) is 0 Å². The third-order valence-electron chi connectivity index (χ3n) is 3.64. The molecule has 3 rings (SSSR count). The molecule has 1 heterocycles. The first-order chi connectivity index (χ1) is 14.2. The number of hydrogen-bond acceptors (Lipinski definition) is 8. The summed E-state index contributed by atoms with van der Waals surface area (Å²) in [6.45, 7) is 0. The normalized spacial score (nSPS) is 10.8. The molecule has 3 aromatic rings. The number of carbonyl (C=O) groups is 1. The molecule has 0 atom stereocenters. The molecule has 1 amide bonds. The van der Waals surface area contributed by atoms with E-state index in [1.54, 1.807) is 5.38 Å². The lowest BCUT2D eigenvalue weighted by molar-refractivity contribution is -0.384. The van der Waals surface area contributed by atoms with Gasteiger partial charge in [0.05, 0.1) is 9.82 Å². The van der Waals surface area contributed by atoms with Gasteiger partial charge in [0.2, 0.25) is 0 Å². The highest BCUT2D eigenvalue weighted by atomic mass is 32.2. The van der Waals surface area contributed by atoms with Crippen molar-refractivity contribution in [1.29, 1.82) is 0 Å². The number of nitrogens with one attached hydrogen (secondary N) is 3. The monoisotopic (exact) mass is 463 g/mol. The number of hydrogen-bond donors (Lipinski definition) is 3. The summed E-state index contributed by atoms with van der Waals surface area (Å²) in [6, 6.07) is 10.8. The van der Waals surface area contributed by atoms with E-state index in [1.807, 2.05) is 0 Å². The minimum Gasteiger partial charge on any atom is -0.332 e. The summed E-state index contributed by atoms with van der Waals surface area (Å²) >= 11 is 6.23. The van der Waals surface area contributed by atoms with Gasteiger partial charge in [-0.3, -0.25) is 24.9 Å². The van der Waals surface area contributed by atoms with Crippen molar-refractivity contribution in [3.05, 3.63) is 75.8 Å². The van der Waals surface area contributed by atoms with E-state index in [2.05, 4.69) is 20.3 Å². The van der Waals surface area contributed by atoms with E-state index in [1.165, 1.54) is 54.7 Å². The Kier molecular flexibility index (Phi) is 6.34. The van der Waals surface area contributed by atoms with Gasteiger partial charge in [0.25, 0.3) is 21.6 Å². The quantitative estimate of drug-likeness (QED) is 0.288. The van der Waals surface area contributed by atoms with Gasteiger partial charge in [-0.05, 0) is 48.6 Å². The minimum atomic E-state index is -3.77. The number of nitrogens with zero attached hydrogens (tertiary/aromatic N) is 2. The number of sulfonamides is 1. The molecule has 10 nitrogen and oxygen atoms in total.